The lowest BCUT2D eigenvalue weighted by Gasteiger charge is -2.16. The molecule has 0 spiro atoms. The Morgan fingerprint density at radius 2 is 2.33 bits per heavy atom. The highest BCUT2D eigenvalue weighted by atomic mass is 14.9. The Labute approximate surface area is 92.1 Å². The van der Waals surface area contributed by atoms with Crippen LogP contribution in [0.15, 0.2) is 18.5 Å². The molecule has 2 nitrogen and oxygen atoms in total. The van der Waals surface area contributed by atoms with Gasteiger partial charge in [0.15, 0.2) is 0 Å². The van der Waals surface area contributed by atoms with Crippen LogP contribution in [0.2, 0.25) is 0 Å². The van der Waals surface area contributed by atoms with Gasteiger partial charge in [-0.25, -0.2) is 0 Å². The Morgan fingerprint density at radius 1 is 1.40 bits per heavy atom. The van der Waals surface area contributed by atoms with Gasteiger partial charge in [0, 0.05) is 18.4 Å². The van der Waals surface area contributed by atoms with Crippen molar-refractivity contribution in [1.82, 2.24) is 10.3 Å². The van der Waals surface area contributed by atoms with Crippen molar-refractivity contribution < 1.29 is 0 Å². The van der Waals surface area contributed by atoms with Crippen LogP contribution in [0.1, 0.15) is 36.8 Å². The van der Waals surface area contributed by atoms with Gasteiger partial charge in [-0.05, 0) is 49.9 Å². The number of aryl methyl sites for hydroxylation is 1. The Morgan fingerprint density at radius 3 is 3.20 bits per heavy atom. The zero-order valence-electron chi connectivity index (χ0n) is 9.50. The van der Waals surface area contributed by atoms with Gasteiger partial charge in [-0.3, -0.25) is 4.98 Å². The highest BCUT2D eigenvalue weighted by molar-refractivity contribution is 5.22. The predicted octanol–water partition coefficient (Wildman–Crippen LogP) is 2.46. The molecule has 0 bridgehead atoms. The van der Waals surface area contributed by atoms with Crippen LogP contribution in [0.5, 0.6) is 0 Å². The largest absolute Gasteiger partial charge is 0.314 e. The summed E-state index contributed by atoms with van der Waals surface area (Å²) in [5, 5.41) is 3.64. The molecule has 1 N–H and O–H groups in total. The Hall–Kier alpha value is -0.890. The Bertz CT molecular complexity index is 301. The highest BCUT2D eigenvalue weighted by Gasteiger charge is 2.12. The smallest absolute Gasteiger partial charge is 0.0299 e. The normalized spacial score (nSPS) is 22.3. The molecular formula is C13H20N2. The monoisotopic (exact) mass is 204 g/mol. The van der Waals surface area contributed by atoms with E-state index in [0.29, 0.717) is 6.04 Å². The fraction of sp³-hybridized carbons (Fsp3) is 0.615. The molecule has 0 amide bonds. The first-order valence-corrected chi connectivity index (χ1v) is 5.99. The number of hydrogen-bond acceptors (Lipinski definition) is 2. The van der Waals surface area contributed by atoms with Crippen molar-refractivity contribution in [2.24, 2.45) is 0 Å². The van der Waals surface area contributed by atoms with E-state index < -0.39 is 0 Å². The molecule has 15 heavy (non-hydrogen) atoms. The first kappa shape index (κ1) is 10.6. The average molecular weight is 204 g/mol. The second kappa shape index (κ2) is 5.26. The van der Waals surface area contributed by atoms with Crippen molar-refractivity contribution in [3.63, 3.8) is 0 Å². The molecule has 1 aliphatic heterocycles. The molecule has 1 aliphatic rings. The number of aromatic nitrogens is 1. The molecule has 1 aromatic rings. The molecule has 2 heterocycles. The molecule has 2 rings (SSSR count). The SMILES string of the molecule is Cc1cnccc1C[C@@H]1CCCCCN1. The van der Waals surface area contributed by atoms with Gasteiger partial charge in [0.05, 0.1) is 0 Å². The van der Waals surface area contributed by atoms with Crippen LogP contribution in [0, 0.1) is 6.92 Å². The lowest BCUT2D eigenvalue weighted by molar-refractivity contribution is 0.506. The van der Waals surface area contributed by atoms with Gasteiger partial charge >= 0.3 is 0 Å². The zero-order chi connectivity index (χ0) is 10.5. The van der Waals surface area contributed by atoms with E-state index in [4.69, 9.17) is 0 Å². The van der Waals surface area contributed by atoms with E-state index in [9.17, 15) is 0 Å². The minimum absolute atomic E-state index is 0.675. The fourth-order valence-electron chi connectivity index (χ4n) is 2.27. The summed E-state index contributed by atoms with van der Waals surface area (Å²) >= 11 is 0. The maximum absolute atomic E-state index is 4.14. The lowest BCUT2D eigenvalue weighted by atomic mass is 10.00. The number of nitrogens with one attached hydrogen (secondary N) is 1. The van der Waals surface area contributed by atoms with Crippen LogP contribution in [0.25, 0.3) is 0 Å². The van der Waals surface area contributed by atoms with Gasteiger partial charge < -0.3 is 5.32 Å². The summed E-state index contributed by atoms with van der Waals surface area (Å²) < 4.78 is 0. The average Bonchev–Trinajstić information content (AvgIpc) is 2.50. The van der Waals surface area contributed by atoms with Crippen LogP contribution in [0.4, 0.5) is 0 Å². The predicted molar refractivity (Wildman–Crippen MR) is 62.9 cm³/mol. The highest BCUT2D eigenvalue weighted by Crippen LogP contribution is 2.14. The molecule has 0 radical (unpaired) electrons. The van der Waals surface area contributed by atoms with Gasteiger partial charge in [-0.2, -0.15) is 0 Å². The van der Waals surface area contributed by atoms with Crippen LogP contribution < -0.4 is 5.32 Å². The van der Waals surface area contributed by atoms with E-state index in [1.54, 1.807) is 0 Å². The molecule has 82 valence electrons. The van der Waals surface area contributed by atoms with Crippen LogP contribution >= 0.6 is 0 Å². The summed E-state index contributed by atoms with van der Waals surface area (Å²) in [6, 6.07) is 2.83. The first-order valence-electron chi connectivity index (χ1n) is 5.99. The number of nitrogens with zero attached hydrogens (tertiary/aromatic N) is 1. The summed E-state index contributed by atoms with van der Waals surface area (Å²) in [7, 11) is 0. The summed E-state index contributed by atoms with van der Waals surface area (Å²) in [5.41, 5.74) is 2.77. The molecule has 0 aromatic carbocycles. The van der Waals surface area contributed by atoms with E-state index in [1.807, 2.05) is 12.4 Å². The van der Waals surface area contributed by atoms with Crippen LogP contribution in [-0.2, 0) is 6.42 Å². The molecule has 0 aliphatic carbocycles. The molecule has 1 saturated heterocycles. The number of rotatable bonds is 2. The van der Waals surface area contributed by atoms with Crippen molar-refractivity contribution in [2.75, 3.05) is 6.54 Å². The van der Waals surface area contributed by atoms with E-state index >= 15 is 0 Å². The third-order valence-corrected chi connectivity index (χ3v) is 3.27. The third kappa shape index (κ3) is 3.03. The minimum Gasteiger partial charge on any atom is -0.314 e. The zero-order valence-corrected chi connectivity index (χ0v) is 9.50. The van der Waals surface area contributed by atoms with Gasteiger partial charge in [0.1, 0.15) is 0 Å². The molecule has 1 aromatic heterocycles. The van der Waals surface area contributed by atoms with Crippen molar-refractivity contribution in [2.45, 2.75) is 45.1 Å². The molecule has 0 saturated carbocycles. The summed E-state index contributed by atoms with van der Waals surface area (Å²) in [6.07, 6.45) is 10.5. The third-order valence-electron chi connectivity index (χ3n) is 3.27. The quantitative estimate of drug-likeness (QED) is 0.800. The van der Waals surface area contributed by atoms with Gasteiger partial charge in [0.2, 0.25) is 0 Å². The summed E-state index contributed by atoms with van der Waals surface area (Å²) in [4.78, 5) is 4.14. The molecular weight excluding hydrogens is 184 g/mol. The number of hydrogen-bond donors (Lipinski definition) is 1. The molecule has 1 atom stereocenters. The molecule has 1 fully saturated rings. The Kier molecular flexibility index (Phi) is 3.73. The minimum atomic E-state index is 0.675. The molecule has 2 heteroatoms. The van der Waals surface area contributed by atoms with E-state index in [1.165, 1.54) is 43.4 Å². The second-order valence-corrected chi connectivity index (χ2v) is 4.51. The van der Waals surface area contributed by atoms with Gasteiger partial charge in [-0.15, -0.1) is 0 Å². The summed E-state index contributed by atoms with van der Waals surface area (Å²) in [6.45, 7) is 3.34. The van der Waals surface area contributed by atoms with Crippen molar-refractivity contribution in [1.29, 1.82) is 0 Å². The maximum Gasteiger partial charge on any atom is 0.0299 e. The topological polar surface area (TPSA) is 24.9 Å². The summed E-state index contributed by atoms with van der Waals surface area (Å²) in [5.74, 6) is 0. The number of pyridine rings is 1. The standard InChI is InChI=1S/C13H20N2/c1-11-10-14-8-6-12(11)9-13-5-3-2-4-7-15-13/h6,8,10,13,15H,2-5,7,9H2,1H3/t13-/m0/s1. The van der Waals surface area contributed by atoms with Crippen molar-refractivity contribution in [3.8, 4) is 0 Å². The first-order chi connectivity index (χ1) is 7.36. The van der Waals surface area contributed by atoms with E-state index in [2.05, 4.69) is 23.3 Å². The van der Waals surface area contributed by atoms with Crippen LogP contribution in [-0.4, -0.2) is 17.6 Å². The lowest BCUT2D eigenvalue weighted by Crippen LogP contribution is -2.30. The molecule has 0 unspecified atom stereocenters. The van der Waals surface area contributed by atoms with E-state index in [-0.39, 0.29) is 0 Å². The van der Waals surface area contributed by atoms with Crippen molar-refractivity contribution >= 4 is 0 Å². The second-order valence-electron chi connectivity index (χ2n) is 4.51. The maximum atomic E-state index is 4.14. The van der Waals surface area contributed by atoms with Crippen molar-refractivity contribution in [3.05, 3.63) is 29.6 Å². The Balaban J connectivity index is 1.98. The van der Waals surface area contributed by atoms with Crippen LogP contribution in [0.3, 0.4) is 0 Å². The van der Waals surface area contributed by atoms with E-state index in [0.717, 1.165) is 6.42 Å². The van der Waals surface area contributed by atoms with Gasteiger partial charge in [0.25, 0.3) is 0 Å². The fourth-order valence-corrected chi connectivity index (χ4v) is 2.27. The van der Waals surface area contributed by atoms with Gasteiger partial charge in [-0.1, -0.05) is 12.8 Å².